The first-order chi connectivity index (χ1) is 8.69. The van der Waals surface area contributed by atoms with Crippen molar-refractivity contribution in [3.8, 4) is 5.88 Å². The zero-order valence-electron chi connectivity index (χ0n) is 11.4. The van der Waals surface area contributed by atoms with Gasteiger partial charge in [0.05, 0.1) is 7.11 Å². The van der Waals surface area contributed by atoms with E-state index >= 15 is 0 Å². The Labute approximate surface area is 109 Å². The second kappa shape index (κ2) is 6.02. The fraction of sp³-hybridized carbons (Fsp3) is 0.615. The maximum Gasteiger partial charge on any atom is 0.214 e. The predicted octanol–water partition coefficient (Wildman–Crippen LogP) is 0.748. The van der Waals surface area contributed by atoms with E-state index < -0.39 is 0 Å². The van der Waals surface area contributed by atoms with Gasteiger partial charge in [0.1, 0.15) is 5.82 Å². The Balaban J connectivity index is 1.89. The molecule has 5 heteroatoms. The molecule has 2 rings (SSSR count). The molecule has 100 valence electrons. The second-order valence-electron chi connectivity index (χ2n) is 4.84. The highest BCUT2D eigenvalue weighted by molar-refractivity contribution is 5.37. The van der Waals surface area contributed by atoms with Gasteiger partial charge in [-0.1, -0.05) is 6.07 Å². The molecule has 0 aliphatic carbocycles. The first-order valence-corrected chi connectivity index (χ1v) is 6.32. The fourth-order valence-electron chi connectivity index (χ4n) is 2.17. The number of ether oxygens (including phenoxy) is 1. The smallest absolute Gasteiger partial charge is 0.214 e. The minimum Gasteiger partial charge on any atom is -0.481 e. The van der Waals surface area contributed by atoms with Gasteiger partial charge in [0.25, 0.3) is 0 Å². The molecule has 0 spiro atoms. The molecule has 1 aliphatic heterocycles. The van der Waals surface area contributed by atoms with E-state index in [0.717, 1.165) is 32.0 Å². The summed E-state index contributed by atoms with van der Waals surface area (Å²) in [6.45, 7) is 4.26. The maximum absolute atomic E-state index is 5.12. The molecular formula is C13H22N4O. The number of likely N-dealkylation sites (N-methyl/N-ethyl adjacent to an activating group) is 2. The summed E-state index contributed by atoms with van der Waals surface area (Å²) in [5.74, 6) is 1.52. The lowest BCUT2D eigenvalue weighted by molar-refractivity contribution is 0.122. The van der Waals surface area contributed by atoms with Crippen LogP contribution in [0.1, 0.15) is 0 Å². The molecule has 1 fully saturated rings. The van der Waals surface area contributed by atoms with Gasteiger partial charge in [-0.3, -0.25) is 4.90 Å². The number of methoxy groups -OCH3 is 1. The lowest BCUT2D eigenvalue weighted by Crippen LogP contribution is -2.52. The number of nitrogens with one attached hydrogen (secondary N) is 1. The van der Waals surface area contributed by atoms with E-state index in [1.807, 2.05) is 18.2 Å². The molecule has 1 aliphatic rings. The highest BCUT2D eigenvalue weighted by Crippen LogP contribution is 2.12. The lowest BCUT2D eigenvalue weighted by atomic mass is 10.2. The van der Waals surface area contributed by atoms with Crippen molar-refractivity contribution >= 4 is 5.82 Å². The van der Waals surface area contributed by atoms with Crippen LogP contribution in [0.4, 0.5) is 5.82 Å². The Bertz CT molecular complexity index is 385. The third-order valence-corrected chi connectivity index (χ3v) is 3.43. The summed E-state index contributed by atoms with van der Waals surface area (Å²) >= 11 is 0. The van der Waals surface area contributed by atoms with Crippen LogP contribution in [0, 0.1) is 0 Å². The van der Waals surface area contributed by atoms with E-state index in [1.54, 1.807) is 7.11 Å². The first kappa shape index (κ1) is 13.1. The number of hydrogen-bond donors (Lipinski definition) is 1. The Morgan fingerprint density at radius 1 is 1.39 bits per heavy atom. The molecule has 1 atom stereocenters. The van der Waals surface area contributed by atoms with Crippen LogP contribution in [0.15, 0.2) is 18.2 Å². The lowest BCUT2D eigenvalue weighted by Gasteiger charge is -2.37. The van der Waals surface area contributed by atoms with E-state index in [9.17, 15) is 0 Å². The zero-order valence-corrected chi connectivity index (χ0v) is 11.4. The molecule has 5 nitrogen and oxygen atoms in total. The number of rotatable bonds is 4. The van der Waals surface area contributed by atoms with E-state index in [-0.39, 0.29) is 0 Å². The standard InChI is InChI=1S/C13H22N4O/c1-16-7-8-17(2)11(10-16)9-14-12-5-4-6-13(15-12)18-3/h4-6,11H,7-10H2,1-3H3,(H,14,15). The van der Waals surface area contributed by atoms with Crippen molar-refractivity contribution in [1.82, 2.24) is 14.8 Å². The number of aromatic nitrogens is 1. The highest BCUT2D eigenvalue weighted by atomic mass is 16.5. The van der Waals surface area contributed by atoms with Crippen LogP contribution in [0.2, 0.25) is 0 Å². The average Bonchev–Trinajstić information content (AvgIpc) is 2.40. The summed E-state index contributed by atoms with van der Waals surface area (Å²) in [4.78, 5) is 9.12. The number of nitrogens with zero attached hydrogens (tertiary/aromatic N) is 3. The topological polar surface area (TPSA) is 40.6 Å². The van der Waals surface area contributed by atoms with Gasteiger partial charge in [0.2, 0.25) is 5.88 Å². The molecule has 1 aromatic rings. The summed E-state index contributed by atoms with van der Waals surface area (Å²) in [6, 6.07) is 6.29. The normalized spacial score (nSPS) is 21.8. The Morgan fingerprint density at radius 3 is 3.00 bits per heavy atom. The number of piperazine rings is 1. The van der Waals surface area contributed by atoms with Crippen LogP contribution in [-0.2, 0) is 0 Å². The Kier molecular flexibility index (Phi) is 4.38. The molecule has 1 N–H and O–H groups in total. The molecule has 0 amide bonds. The molecule has 2 heterocycles. The van der Waals surface area contributed by atoms with Crippen LogP contribution in [0.3, 0.4) is 0 Å². The molecule has 0 radical (unpaired) electrons. The summed E-state index contributed by atoms with van der Waals surface area (Å²) in [5, 5.41) is 3.38. The summed E-state index contributed by atoms with van der Waals surface area (Å²) in [6.07, 6.45) is 0. The van der Waals surface area contributed by atoms with Crippen LogP contribution < -0.4 is 10.1 Å². The van der Waals surface area contributed by atoms with Gasteiger partial charge < -0.3 is 15.0 Å². The monoisotopic (exact) mass is 250 g/mol. The third-order valence-electron chi connectivity index (χ3n) is 3.43. The van der Waals surface area contributed by atoms with Crippen LogP contribution in [-0.4, -0.2) is 68.2 Å². The number of pyridine rings is 1. The highest BCUT2D eigenvalue weighted by Gasteiger charge is 2.21. The largest absolute Gasteiger partial charge is 0.481 e. The molecule has 1 aromatic heterocycles. The summed E-state index contributed by atoms with van der Waals surface area (Å²) in [7, 11) is 5.98. The van der Waals surface area contributed by atoms with Crippen molar-refractivity contribution in [3.63, 3.8) is 0 Å². The van der Waals surface area contributed by atoms with Crippen LogP contribution in [0.5, 0.6) is 5.88 Å². The van der Waals surface area contributed by atoms with E-state index in [0.29, 0.717) is 11.9 Å². The fourth-order valence-corrected chi connectivity index (χ4v) is 2.17. The molecule has 0 aromatic carbocycles. The van der Waals surface area contributed by atoms with Crippen molar-refractivity contribution in [3.05, 3.63) is 18.2 Å². The van der Waals surface area contributed by atoms with Crippen LogP contribution in [0.25, 0.3) is 0 Å². The molecule has 1 saturated heterocycles. The second-order valence-corrected chi connectivity index (χ2v) is 4.84. The van der Waals surface area contributed by atoms with E-state index in [2.05, 4.69) is 34.2 Å². The van der Waals surface area contributed by atoms with Gasteiger partial charge in [-0.25, -0.2) is 0 Å². The zero-order chi connectivity index (χ0) is 13.0. The van der Waals surface area contributed by atoms with Gasteiger partial charge in [-0.05, 0) is 20.2 Å². The molecule has 1 unspecified atom stereocenters. The van der Waals surface area contributed by atoms with Gasteiger partial charge in [0, 0.05) is 38.3 Å². The third kappa shape index (κ3) is 3.34. The summed E-state index contributed by atoms with van der Waals surface area (Å²) < 4.78 is 5.12. The SMILES string of the molecule is COc1cccc(NCC2CN(C)CCN2C)n1. The number of hydrogen-bond acceptors (Lipinski definition) is 5. The first-order valence-electron chi connectivity index (χ1n) is 6.32. The van der Waals surface area contributed by atoms with Crippen molar-refractivity contribution < 1.29 is 4.74 Å². The average molecular weight is 250 g/mol. The van der Waals surface area contributed by atoms with Gasteiger partial charge >= 0.3 is 0 Å². The van der Waals surface area contributed by atoms with Crippen LogP contribution >= 0.6 is 0 Å². The quantitative estimate of drug-likeness (QED) is 0.854. The van der Waals surface area contributed by atoms with Gasteiger partial charge in [0.15, 0.2) is 0 Å². The minimum atomic E-state index is 0.525. The Hall–Kier alpha value is -1.33. The van der Waals surface area contributed by atoms with E-state index in [4.69, 9.17) is 4.74 Å². The predicted molar refractivity (Wildman–Crippen MR) is 73.2 cm³/mol. The molecule has 18 heavy (non-hydrogen) atoms. The Morgan fingerprint density at radius 2 is 2.22 bits per heavy atom. The van der Waals surface area contributed by atoms with E-state index in [1.165, 1.54) is 0 Å². The van der Waals surface area contributed by atoms with Crippen molar-refractivity contribution in [2.45, 2.75) is 6.04 Å². The molecular weight excluding hydrogens is 228 g/mol. The minimum absolute atomic E-state index is 0.525. The van der Waals surface area contributed by atoms with Crippen molar-refractivity contribution in [2.75, 3.05) is 52.7 Å². The maximum atomic E-state index is 5.12. The molecule has 0 bridgehead atoms. The van der Waals surface area contributed by atoms with Crippen molar-refractivity contribution in [2.24, 2.45) is 0 Å². The molecule has 0 saturated carbocycles. The van der Waals surface area contributed by atoms with Crippen molar-refractivity contribution in [1.29, 1.82) is 0 Å². The number of anilines is 1. The summed E-state index contributed by atoms with van der Waals surface area (Å²) in [5.41, 5.74) is 0. The van der Waals surface area contributed by atoms with Gasteiger partial charge in [-0.2, -0.15) is 4.98 Å². The van der Waals surface area contributed by atoms with Gasteiger partial charge in [-0.15, -0.1) is 0 Å².